The van der Waals surface area contributed by atoms with E-state index in [1.807, 2.05) is 6.08 Å². The monoisotopic (exact) mass is 207 g/mol. The number of fused-ring (bicyclic) bond motifs is 1. The molecule has 2 atom stereocenters. The Morgan fingerprint density at radius 3 is 3.20 bits per heavy atom. The zero-order valence-electron chi connectivity index (χ0n) is 10.4. The van der Waals surface area contributed by atoms with Gasteiger partial charge in [-0.15, -0.1) is 0 Å². The molecular weight excluding hydrogens is 188 g/mol. The maximum Gasteiger partial charge on any atom is 0.303 e. The number of carbonyl (C=O) groups is 1. The highest BCUT2D eigenvalue weighted by molar-refractivity contribution is 5.66. The predicted octanol–water partition coefficient (Wildman–Crippen LogP) is 2.99. The normalized spacial score (nSPS) is 40.1. The highest BCUT2D eigenvalue weighted by Gasteiger charge is 2.34. The number of hydrogen-bond acceptors (Lipinski definition) is 2. The zero-order chi connectivity index (χ0) is 11.8. The lowest BCUT2D eigenvalue weighted by Gasteiger charge is -2.38. The van der Waals surface area contributed by atoms with Crippen molar-refractivity contribution >= 4 is 5.97 Å². The summed E-state index contributed by atoms with van der Waals surface area (Å²) in [6, 6.07) is 0. The van der Waals surface area contributed by atoms with Gasteiger partial charge >= 0.3 is 5.97 Å². The molecule has 0 aliphatic heterocycles. The summed E-state index contributed by atoms with van der Waals surface area (Å²) in [5.41, 5.74) is 1.33. The Morgan fingerprint density at radius 1 is 1.67 bits per heavy atom. The Hall–Kier alpha value is -1.05. The summed E-state index contributed by atoms with van der Waals surface area (Å²) in [7, 11) is 0. The lowest BCUT2D eigenvalue weighted by Crippen LogP contribution is -2.30. The average molecular weight is 207 g/mol. The van der Waals surface area contributed by atoms with Crippen LogP contribution in [-0.4, -0.2) is 12.0 Å². The molecule has 0 heterocycles. The molecule has 2 nitrogen and oxygen atoms in total. The van der Waals surface area contributed by atoms with Crippen molar-refractivity contribution in [3.63, 3.8) is 0 Å². The topological polar surface area (TPSA) is 26.3 Å². The fourth-order valence-electron chi connectivity index (χ4n) is 2.36. The Morgan fingerprint density at radius 2 is 2.47 bits per heavy atom. The molecular formula is C13H18O2. The summed E-state index contributed by atoms with van der Waals surface area (Å²) in [5.74, 6) is -0.379. The van der Waals surface area contributed by atoms with Gasteiger partial charge in [-0.1, -0.05) is 19.1 Å². The molecule has 0 fully saturated rings. The SMILES string of the molecule is [2H][C@@]1(OC(C)=O)C=C2C=CCC[C@@]2(C)CC1. The van der Waals surface area contributed by atoms with Gasteiger partial charge in [-0.25, -0.2) is 0 Å². The van der Waals surface area contributed by atoms with Crippen molar-refractivity contribution in [3.05, 3.63) is 23.8 Å². The van der Waals surface area contributed by atoms with E-state index in [1.165, 1.54) is 6.92 Å². The Bertz CT molecular complexity index is 372. The van der Waals surface area contributed by atoms with Crippen molar-refractivity contribution in [3.8, 4) is 0 Å². The summed E-state index contributed by atoms with van der Waals surface area (Å²) in [4.78, 5) is 11.0. The van der Waals surface area contributed by atoms with Gasteiger partial charge in [0, 0.05) is 6.92 Å². The molecule has 0 bridgehead atoms. The van der Waals surface area contributed by atoms with Gasteiger partial charge in [0.2, 0.25) is 0 Å². The fourth-order valence-corrected chi connectivity index (χ4v) is 2.36. The zero-order valence-corrected chi connectivity index (χ0v) is 9.38. The van der Waals surface area contributed by atoms with E-state index in [1.54, 1.807) is 0 Å². The molecule has 2 heteroatoms. The van der Waals surface area contributed by atoms with Crippen molar-refractivity contribution < 1.29 is 10.9 Å². The summed E-state index contributed by atoms with van der Waals surface area (Å²) < 4.78 is 13.2. The van der Waals surface area contributed by atoms with Gasteiger partial charge in [0.15, 0.2) is 0 Å². The van der Waals surface area contributed by atoms with E-state index in [-0.39, 0.29) is 11.4 Å². The van der Waals surface area contributed by atoms with Crippen LogP contribution in [0, 0.1) is 5.41 Å². The summed E-state index contributed by atoms with van der Waals surface area (Å²) in [6.07, 6.45) is 8.62. The van der Waals surface area contributed by atoms with E-state index >= 15 is 0 Å². The largest absolute Gasteiger partial charge is 0.458 e. The number of carbonyl (C=O) groups excluding carboxylic acids is 1. The summed E-state index contributed by atoms with van der Waals surface area (Å²) >= 11 is 0. The highest BCUT2D eigenvalue weighted by atomic mass is 16.5. The minimum Gasteiger partial charge on any atom is -0.458 e. The minimum absolute atomic E-state index is 0.180. The van der Waals surface area contributed by atoms with Crippen LogP contribution in [0.3, 0.4) is 0 Å². The Labute approximate surface area is 92.4 Å². The second-order valence-electron chi connectivity index (χ2n) is 4.66. The molecule has 0 amide bonds. The van der Waals surface area contributed by atoms with Crippen LogP contribution in [0.25, 0.3) is 0 Å². The highest BCUT2D eigenvalue weighted by Crippen LogP contribution is 2.44. The van der Waals surface area contributed by atoms with E-state index in [0.29, 0.717) is 6.42 Å². The first-order chi connectivity index (χ1) is 7.44. The molecule has 0 unspecified atom stereocenters. The third-order valence-corrected chi connectivity index (χ3v) is 3.37. The smallest absolute Gasteiger partial charge is 0.303 e. The van der Waals surface area contributed by atoms with Gasteiger partial charge in [-0.3, -0.25) is 4.79 Å². The molecule has 0 N–H and O–H groups in total. The van der Waals surface area contributed by atoms with Crippen LogP contribution in [0.1, 0.15) is 40.9 Å². The first-order valence-corrected chi connectivity index (χ1v) is 5.53. The Balaban J connectivity index is 2.29. The molecule has 0 aromatic heterocycles. The fraction of sp³-hybridized carbons (Fsp3) is 0.615. The standard InChI is InChI=1S/C13H18O2/c1-10(14)15-12-6-8-13(2)7-4-3-5-11(13)9-12/h3,5,9,12H,4,6-8H2,1-2H3/t12-,13-/m0/s1/i12D. The van der Waals surface area contributed by atoms with Crippen LogP contribution in [0.2, 0.25) is 0 Å². The number of esters is 1. The van der Waals surface area contributed by atoms with E-state index in [0.717, 1.165) is 24.8 Å². The minimum atomic E-state index is -1.15. The van der Waals surface area contributed by atoms with Crippen molar-refractivity contribution in [2.45, 2.75) is 45.6 Å². The maximum atomic E-state index is 11.0. The van der Waals surface area contributed by atoms with Crippen LogP contribution < -0.4 is 0 Å². The quantitative estimate of drug-likeness (QED) is 0.618. The molecule has 0 aromatic carbocycles. The lowest BCUT2D eigenvalue weighted by atomic mass is 9.68. The van der Waals surface area contributed by atoms with Crippen molar-refractivity contribution in [2.75, 3.05) is 0 Å². The molecule has 0 aromatic rings. The third-order valence-electron chi connectivity index (χ3n) is 3.37. The van der Waals surface area contributed by atoms with E-state index < -0.39 is 6.08 Å². The second-order valence-corrected chi connectivity index (χ2v) is 4.66. The van der Waals surface area contributed by atoms with Gasteiger partial charge in [0.1, 0.15) is 6.08 Å². The molecule has 82 valence electrons. The summed E-state index contributed by atoms with van der Waals surface area (Å²) in [6.45, 7) is 3.59. The number of hydrogen-bond donors (Lipinski definition) is 0. The Kier molecular flexibility index (Phi) is 2.35. The summed E-state index contributed by atoms with van der Waals surface area (Å²) in [5, 5.41) is 0. The second kappa shape index (κ2) is 3.84. The van der Waals surface area contributed by atoms with Gasteiger partial charge < -0.3 is 4.74 Å². The number of ether oxygens (including phenoxy) is 1. The first kappa shape index (κ1) is 9.20. The lowest BCUT2D eigenvalue weighted by molar-refractivity contribution is -0.144. The van der Waals surface area contributed by atoms with Gasteiger partial charge in [0.25, 0.3) is 0 Å². The van der Waals surface area contributed by atoms with Crippen LogP contribution in [0.5, 0.6) is 0 Å². The predicted molar refractivity (Wildman–Crippen MR) is 59.4 cm³/mol. The van der Waals surface area contributed by atoms with E-state index in [9.17, 15) is 4.79 Å². The molecule has 0 saturated heterocycles. The molecule has 2 rings (SSSR count). The van der Waals surface area contributed by atoms with Crippen molar-refractivity contribution in [2.24, 2.45) is 5.41 Å². The maximum absolute atomic E-state index is 11.0. The van der Waals surface area contributed by atoms with Crippen LogP contribution in [0.4, 0.5) is 0 Å². The molecule has 15 heavy (non-hydrogen) atoms. The number of allylic oxidation sites excluding steroid dienone is 3. The number of rotatable bonds is 1. The van der Waals surface area contributed by atoms with Crippen LogP contribution in [0.15, 0.2) is 23.8 Å². The molecule has 0 saturated carbocycles. The first-order valence-electron chi connectivity index (χ1n) is 6.03. The van der Waals surface area contributed by atoms with E-state index in [4.69, 9.17) is 6.11 Å². The van der Waals surface area contributed by atoms with Crippen LogP contribution >= 0.6 is 0 Å². The molecule has 0 spiro atoms. The molecule has 2 aliphatic rings. The van der Waals surface area contributed by atoms with Gasteiger partial charge in [-0.05, 0) is 42.7 Å². The van der Waals surface area contributed by atoms with Gasteiger partial charge in [0.05, 0.1) is 1.37 Å². The van der Waals surface area contributed by atoms with E-state index in [2.05, 4.69) is 19.1 Å². The molecule has 2 aliphatic carbocycles. The van der Waals surface area contributed by atoms with Crippen LogP contribution in [-0.2, 0) is 9.53 Å². The average Bonchev–Trinajstić information content (AvgIpc) is 2.18. The van der Waals surface area contributed by atoms with Gasteiger partial charge in [-0.2, -0.15) is 0 Å². The van der Waals surface area contributed by atoms with Crippen molar-refractivity contribution in [1.29, 1.82) is 0 Å². The third kappa shape index (κ3) is 2.14. The van der Waals surface area contributed by atoms with Crippen molar-refractivity contribution in [1.82, 2.24) is 0 Å². The molecule has 0 radical (unpaired) electrons.